The molecule has 0 atom stereocenters. The van der Waals surface area contributed by atoms with E-state index in [1.54, 1.807) is 0 Å². The molecular formula is C72H65N4OPtSi-3. The Morgan fingerprint density at radius 3 is 1.67 bits per heavy atom. The summed E-state index contributed by atoms with van der Waals surface area (Å²) in [5.74, 6) is 2.03. The van der Waals surface area contributed by atoms with Crippen LogP contribution in [-0.4, -0.2) is 17.6 Å². The Bertz CT molecular complexity index is 3870. The Morgan fingerprint density at radius 2 is 1.04 bits per heavy atom. The number of rotatable bonds is 10. The van der Waals surface area contributed by atoms with Crippen LogP contribution in [0.4, 0.5) is 22.7 Å². The van der Waals surface area contributed by atoms with Crippen LogP contribution in [0.25, 0.3) is 38.8 Å². The Kier molecular flexibility index (Phi) is 14.0. The largest absolute Gasteiger partial charge is 0.509 e. The van der Waals surface area contributed by atoms with Gasteiger partial charge >= 0.3 is 0 Å². The predicted octanol–water partition coefficient (Wildman–Crippen LogP) is 15.9. The van der Waals surface area contributed by atoms with Crippen molar-refractivity contribution in [3.8, 4) is 28.4 Å². The zero-order valence-electron chi connectivity index (χ0n) is 46.5. The smallest absolute Gasteiger partial charge is 0.179 e. The van der Waals surface area contributed by atoms with Gasteiger partial charge in [-0.05, 0) is 101 Å². The van der Waals surface area contributed by atoms with Gasteiger partial charge in [0, 0.05) is 66.9 Å². The van der Waals surface area contributed by atoms with E-state index in [1.165, 1.54) is 37.4 Å². The molecule has 0 saturated heterocycles. The van der Waals surface area contributed by atoms with Crippen molar-refractivity contribution in [1.82, 2.24) is 9.55 Å². The Balaban J connectivity index is 0.00000660. The first-order valence-corrected chi connectivity index (χ1v) is 29.2. The molecule has 0 aliphatic carbocycles. The summed E-state index contributed by atoms with van der Waals surface area (Å²) in [5, 5.41) is 7.56. The maximum atomic E-state index is 6.81. The van der Waals surface area contributed by atoms with Crippen molar-refractivity contribution in [2.45, 2.75) is 78.6 Å². The second kappa shape index (κ2) is 20.8. The minimum Gasteiger partial charge on any atom is -0.509 e. The minimum atomic E-state index is -2.84. The van der Waals surface area contributed by atoms with Crippen molar-refractivity contribution in [2.24, 2.45) is 0 Å². The molecule has 7 heteroatoms. The molecule has 12 rings (SSSR count). The van der Waals surface area contributed by atoms with E-state index in [1.807, 2.05) is 18.3 Å². The zero-order chi connectivity index (χ0) is 54.0. The number of pyridine rings is 1. The molecule has 9 aromatic carbocycles. The molecule has 11 aromatic rings. The van der Waals surface area contributed by atoms with Crippen LogP contribution in [0.1, 0.15) is 79.0 Å². The topological polar surface area (TPSA) is 33.5 Å². The van der Waals surface area contributed by atoms with Crippen LogP contribution in [-0.2, 0) is 37.3 Å². The van der Waals surface area contributed by atoms with Gasteiger partial charge in [0.25, 0.3) is 0 Å². The second-order valence-corrected chi connectivity index (χ2v) is 27.6. The Hall–Kier alpha value is -7.76. The molecule has 3 heterocycles. The summed E-state index contributed by atoms with van der Waals surface area (Å²) >= 11 is 0. The number of fused-ring (bicyclic) bond motifs is 4. The summed E-state index contributed by atoms with van der Waals surface area (Å²) in [7, 11) is -2.84. The molecule has 396 valence electrons. The molecule has 0 radical (unpaired) electrons. The first-order chi connectivity index (χ1) is 37.6. The van der Waals surface area contributed by atoms with Crippen molar-refractivity contribution in [2.75, 3.05) is 9.80 Å². The number of nitrogens with zero attached hydrogens (tertiary/aromatic N) is 4. The van der Waals surface area contributed by atoms with Crippen LogP contribution >= 0.6 is 0 Å². The van der Waals surface area contributed by atoms with Crippen molar-refractivity contribution >= 4 is 73.4 Å². The van der Waals surface area contributed by atoms with Crippen molar-refractivity contribution in [1.29, 1.82) is 0 Å². The predicted molar refractivity (Wildman–Crippen MR) is 329 cm³/mol. The number of aromatic nitrogens is 2. The van der Waals surface area contributed by atoms with Gasteiger partial charge in [0.1, 0.15) is 5.82 Å². The standard InChI is InChI=1S/C72H65N4OSi.Pt/c1-70(2,3)51-40-41-73-68(46-51)76-65-36-20-19-34-63(65)64-39-38-57(48-67(64)76)77-56-26-22-25-54(47-56)74-49-75(55-44-52(71(4,5)6)43-53(45-55)72(7,8)9)69-62(35-23-37-66(69)74)50-24-21-33-61(42-50)78(58-27-13-10-14-28-58,59-29-15-11-16-30-59)60-31-17-12-18-32-60;/h10-46,49H,1-9H3;/q-3;. The van der Waals surface area contributed by atoms with Gasteiger partial charge in [0.05, 0.1) is 0 Å². The van der Waals surface area contributed by atoms with Crippen LogP contribution < -0.4 is 35.3 Å². The fourth-order valence-electron chi connectivity index (χ4n) is 11.4. The number of hydrogen-bond donors (Lipinski definition) is 0. The molecule has 5 nitrogen and oxygen atoms in total. The van der Waals surface area contributed by atoms with E-state index in [0.29, 0.717) is 11.5 Å². The summed E-state index contributed by atoms with van der Waals surface area (Å²) in [6.07, 6.45) is 1.91. The van der Waals surface area contributed by atoms with Crippen LogP contribution in [0, 0.1) is 18.8 Å². The third-order valence-electron chi connectivity index (χ3n) is 15.5. The van der Waals surface area contributed by atoms with E-state index in [4.69, 9.17) is 9.72 Å². The van der Waals surface area contributed by atoms with E-state index in [0.717, 1.165) is 61.5 Å². The monoisotopic (exact) mass is 1220 g/mol. The quantitative estimate of drug-likeness (QED) is 0.0776. The minimum absolute atomic E-state index is 0. The molecule has 0 amide bonds. The molecule has 1 aliphatic rings. The summed E-state index contributed by atoms with van der Waals surface area (Å²) < 4.78 is 9.02. The van der Waals surface area contributed by atoms with Crippen LogP contribution in [0.2, 0.25) is 0 Å². The Morgan fingerprint density at radius 1 is 0.468 bits per heavy atom. The average molecular weight is 1230 g/mol. The van der Waals surface area contributed by atoms with Gasteiger partial charge in [0.15, 0.2) is 8.07 Å². The molecule has 79 heavy (non-hydrogen) atoms. The van der Waals surface area contributed by atoms with Crippen LogP contribution in [0.5, 0.6) is 11.5 Å². The van der Waals surface area contributed by atoms with Gasteiger partial charge in [-0.15, -0.1) is 48.1 Å². The summed E-state index contributed by atoms with van der Waals surface area (Å²) in [6.45, 7) is 22.8. The van der Waals surface area contributed by atoms with Crippen molar-refractivity contribution in [3.63, 3.8) is 0 Å². The fraction of sp³-hybridized carbons (Fsp3) is 0.167. The molecule has 0 N–H and O–H groups in total. The van der Waals surface area contributed by atoms with Gasteiger partial charge < -0.3 is 19.1 Å². The van der Waals surface area contributed by atoms with Gasteiger partial charge in [0.2, 0.25) is 0 Å². The van der Waals surface area contributed by atoms with E-state index in [-0.39, 0.29) is 37.3 Å². The summed E-state index contributed by atoms with van der Waals surface area (Å²) in [4.78, 5) is 9.58. The third kappa shape index (κ3) is 9.85. The third-order valence-corrected chi connectivity index (χ3v) is 20.3. The first kappa shape index (κ1) is 53.2. The first-order valence-electron chi connectivity index (χ1n) is 27.2. The summed E-state index contributed by atoms with van der Waals surface area (Å²) in [5.41, 5.74) is 11.9. The van der Waals surface area contributed by atoms with Gasteiger partial charge in [-0.1, -0.05) is 219 Å². The molecule has 0 fully saturated rings. The maximum absolute atomic E-state index is 6.81. The van der Waals surface area contributed by atoms with E-state index < -0.39 is 8.07 Å². The normalized spacial score (nSPS) is 12.9. The van der Waals surface area contributed by atoms with E-state index in [2.05, 4.69) is 302 Å². The van der Waals surface area contributed by atoms with Crippen molar-refractivity contribution < 1.29 is 25.8 Å². The molecule has 2 aromatic heterocycles. The van der Waals surface area contributed by atoms with E-state index >= 15 is 0 Å². The van der Waals surface area contributed by atoms with Crippen LogP contribution in [0.3, 0.4) is 0 Å². The number of hydrogen-bond acceptors (Lipinski definition) is 4. The molecular weight excluding hydrogens is 1160 g/mol. The number of anilines is 4. The maximum Gasteiger partial charge on any atom is 0.179 e. The Labute approximate surface area is 482 Å². The molecule has 0 bridgehead atoms. The molecule has 0 saturated carbocycles. The van der Waals surface area contributed by atoms with E-state index in [9.17, 15) is 0 Å². The fourth-order valence-corrected chi connectivity index (χ4v) is 16.2. The SMILES string of the molecule is CC(C)(C)c1cc(N2[CH-]N(c3[c-]c(Oc4[c-]c5c(cc4)c4ccccc4n5-c4cc(C(C)(C)C)ccn4)ccc3)c3cccc(-c4cccc([Si](c5ccccc5)(c5ccccc5)c5ccccc5)c4)c32)cc(C(C)(C)C)c1.[Pt]. The zero-order valence-corrected chi connectivity index (χ0v) is 49.7. The number of para-hydroxylation sites is 2. The summed E-state index contributed by atoms with van der Waals surface area (Å²) in [6, 6.07) is 87.3. The van der Waals surface area contributed by atoms with Gasteiger partial charge in [-0.2, -0.15) is 12.1 Å². The van der Waals surface area contributed by atoms with Gasteiger partial charge in [-0.25, -0.2) is 4.98 Å². The van der Waals surface area contributed by atoms with Crippen molar-refractivity contribution in [3.05, 3.63) is 260 Å². The van der Waals surface area contributed by atoms with Gasteiger partial charge in [-0.3, -0.25) is 0 Å². The number of ether oxygens (including phenoxy) is 1. The average Bonchev–Trinajstić information content (AvgIpc) is 4.27. The second-order valence-electron chi connectivity index (χ2n) is 23.8. The molecule has 0 unspecified atom stereocenters. The van der Waals surface area contributed by atoms with Crippen LogP contribution in [0.15, 0.2) is 225 Å². The molecule has 0 spiro atoms. The molecule has 1 aliphatic heterocycles. The number of benzene rings is 9.